The molecule has 1 aliphatic rings. The normalized spacial score (nSPS) is 18.0. The summed E-state index contributed by atoms with van der Waals surface area (Å²) in [4.78, 5) is 12.4. The number of ether oxygens (including phenoxy) is 2. The van der Waals surface area contributed by atoms with Crippen molar-refractivity contribution in [1.29, 1.82) is 0 Å². The van der Waals surface area contributed by atoms with E-state index in [2.05, 4.69) is 6.92 Å². The summed E-state index contributed by atoms with van der Waals surface area (Å²) in [5.74, 6) is 0. The first-order valence-corrected chi connectivity index (χ1v) is 17.7. The SMILES string of the molecule is CCCCCCCCCCCCCCCCOCC(COP(=O)([O-])OC=C1CCC[N+]1(C)C)OCc1ccccc1. The summed E-state index contributed by atoms with van der Waals surface area (Å²) < 4.78 is 35.2. The van der Waals surface area contributed by atoms with Crippen molar-refractivity contribution in [3.05, 3.63) is 47.9 Å². The van der Waals surface area contributed by atoms with E-state index in [1.54, 1.807) is 0 Å². The van der Waals surface area contributed by atoms with Crippen molar-refractivity contribution in [3.63, 3.8) is 0 Å². The Bertz CT molecular complexity index is 863. The lowest BCUT2D eigenvalue weighted by molar-refractivity contribution is -0.843. The quantitative estimate of drug-likeness (QED) is 0.0490. The van der Waals surface area contributed by atoms with Crippen LogP contribution >= 0.6 is 7.82 Å². The Balaban J connectivity index is 1.60. The fourth-order valence-electron chi connectivity index (χ4n) is 5.18. The van der Waals surface area contributed by atoms with Crippen LogP contribution in [0, 0.1) is 0 Å². The average Bonchev–Trinajstić information content (AvgIpc) is 3.30. The van der Waals surface area contributed by atoms with Crippen molar-refractivity contribution in [1.82, 2.24) is 0 Å². The van der Waals surface area contributed by atoms with Crippen LogP contribution in [0.1, 0.15) is 115 Å². The monoisotopic (exact) mass is 595 g/mol. The van der Waals surface area contributed by atoms with E-state index in [-0.39, 0.29) is 13.2 Å². The molecule has 0 bridgehead atoms. The van der Waals surface area contributed by atoms with Crippen LogP contribution in [-0.4, -0.2) is 51.0 Å². The number of allylic oxidation sites excluding steroid dienone is 1. The Kier molecular flexibility index (Phi) is 18.8. The summed E-state index contributed by atoms with van der Waals surface area (Å²) in [6.45, 7) is 4.35. The van der Waals surface area contributed by atoms with Gasteiger partial charge in [0.15, 0.2) is 0 Å². The van der Waals surface area contributed by atoms with Crippen LogP contribution in [0.5, 0.6) is 0 Å². The second kappa shape index (κ2) is 21.5. The Hall–Kier alpha value is -1.21. The topological polar surface area (TPSA) is 77.1 Å². The van der Waals surface area contributed by atoms with Crippen LogP contribution in [-0.2, 0) is 29.7 Å². The van der Waals surface area contributed by atoms with Crippen LogP contribution in [0.25, 0.3) is 0 Å². The molecule has 1 heterocycles. The van der Waals surface area contributed by atoms with Gasteiger partial charge < -0.3 is 23.4 Å². The molecule has 236 valence electrons. The molecule has 8 heteroatoms. The number of phosphoric acid groups is 1. The summed E-state index contributed by atoms with van der Waals surface area (Å²) in [7, 11) is -0.412. The highest BCUT2D eigenvalue weighted by molar-refractivity contribution is 7.46. The predicted octanol–water partition coefficient (Wildman–Crippen LogP) is 8.28. The van der Waals surface area contributed by atoms with Crippen molar-refractivity contribution >= 4 is 7.82 Å². The molecular weight excluding hydrogens is 537 g/mol. The van der Waals surface area contributed by atoms with Crippen molar-refractivity contribution < 1.29 is 32.5 Å². The van der Waals surface area contributed by atoms with E-state index < -0.39 is 13.9 Å². The Labute approximate surface area is 250 Å². The molecule has 2 atom stereocenters. The molecule has 0 amide bonds. The molecule has 7 nitrogen and oxygen atoms in total. The number of likely N-dealkylation sites (tertiary alicyclic amines) is 1. The highest BCUT2D eigenvalue weighted by Gasteiger charge is 2.29. The van der Waals surface area contributed by atoms with Gasteiger partial charge in [-0.1, -0.05) is 121 Å². The van der Waals surface area contributed by atoms with Gasteiger partial charge in [-0.05, 0) is 12.0 Å². The summed E-state index contributed by atoms with van der Waals surface area (Å²) in [6.07, 6.45) is 21.1. The molecular formula is C33H58NO6P. The highest BCUT2D eigenvalue weighted by Crippen LogP contribution is 2.40. The molecule has 0 aliphatic carbocycles. The third-order valence-corrected chi connectivity index (χ3v) is 8.77. The zero-order valence-corrected chi connectivity index (χ0v) is 27.1. The molecule has 0 N–H and O–H groups in total. The first-order valence-electron chi connectivity index (χ1n) is 16.2. The summed E-state index contributed by atoms with van der Waals surface area (Å²) in [5.41, 5.74) is 1.95. The van der Waals surface area contributed by atoms with E-state index in [9.17, 15) is 9.46 Å². The van der Waals surface area contributed by atoms with Gasteiger partial charge in [0.2, 0.25) is 0 Å². The third-order valence-electron chi connectivity index (χ3n) is 7.94. The van der Waals surface area contributed by atoms with E-state index in [0.717, 1.165) is 43.5 Å². The number of phosphoric ester groups is 1. The molecule has 1 fully saturated rings. The third kappa shape index (κ3) is 17.5. The largest absolute Gasteiger partial charge is 0.746 e. The minimum Gasteiger partial charge on any atom is -0.746 e. The smallest absolute Gasteiger partial charge is 0.319 e. The molecule has 0 aromatic heterocycles. The number of quaternary nitrogens is 1. The maximum absolute atomic E-state index is 12.4. The standard InChI is InChI=1S/C33H58NO6P/c1-4-5-6-7-8-9-10-11-12-13-14-15-16-20-26-37-29-33(38-27-31-22-18-17-19-23-31)30-40-41(35,36)39-28-32-24-21-25-34(32,2)3/h17-19,22-23,28,33H,4-16,20-21,24-27,29-30H2,1-3H3. The van der Waals surface area contributed by atoms with Crippen LogP contribution in [0.3, 0.4) is 0 Å². The van der Waals surface area contributed by atoms with Gasteiger partial charge in [0.25, 0.3) is 0 Å². The molecule has 41 heavy (non-hydrogen) atoms. The summed E-state index contributed by atoms with van der Waals surface area (Å²) >= 11 is 0. The number of hydrogen-bond donors (Lipinski definition) is 0. The van der Waals surface area contributed by atoms with Gasteiger partial charge in [-0.15, -0.1) is 0 Å². The first-order chi connectivity index (χ1) is 19.8. The van der Waals surface area contributed by atoms with Crippen LogP contribution in [0.2, 0.25) is 0 Å². The molecule has 0 radical (unpaired) electrons. The van der Waals surface area contributed by atoms with Crippen molar-refractivity contribution in [2.75, 3.05) is 40.5 Å². The molecule has 1 aromatic carbocycles. The molecule has 0 spiro atoms. The molecule has 0 saturated carbocycles. The lowest BCUT2D eigenvalue weighted by Gasteiger charge is -2.27. The van der Waals surface area contributed by atoms with E-state index in [0.29, 0.717) is 17.7 Å². The Morgan fingerprint density at radius 2 is 1.46 bits per heavy atom. The molecule has 1 aromatic rings. The van der Waals surface area contributed by atoms with Crippen molar-refractivity contribution in [2.24, 2.45) is 0 Å². The zero-order chi connectivity index (χ0) is 29.7. The van der Waals surface area contributed by atoms with E-state index in [1.165, 1.54) is 83.3 Å². The molecule has 2 unspecified atom stereocenters. The number of unbranched alkanes of at least 4 members (excludes halogenated alkanes) is 13. The number of hydrogen-bond acceptors (Lipinski definition) is 6. The first kappa shape index (κ1) is 36.0. The summed E-state index contributed by atoms with van der Waals surface area (Å²) in [5, 5.41) is 0. The maximum atomic E-state index is 12.4. The van der Waals surface area contributed by atoms with Crippen LogP contribution < -0.4 is 4.89 Å². The van der Waals surface area contributed by atoms with Crippen molar-refractivity contribution in [3.8, 4) is 0 Å². The molecule has 1 aliphatic heterocycles. The minimum atomic E-state index is -4.50. The van der Waals surface area contributed by atoms with E-state index in [4.69, 9.17) is 18.5 Å². The second-order valence-corrected chi connectivity index (χ2v) is 13.4. The van der Waals surface area contributed by atoms with Crippen LogP contribution in [0.15, 0.2) is 42.3 Å². The van der Waals surface area contributed by atoms with Crippen molar-refractivity contribution in [2.45, 2.75) is 122 Å². The fourth-order valence-corrected chi connectivity index (χ4v) is 5.84. The summed E-state index contributed by atoms with van der Waals surface area (Å²) in [6, 6.07) is 9.80. The van der Waals surface area contributed by atoms with E-state index >= 15 is 0 Å². The van der Waals surface area contributed by atoms with Gasteiger partial charge in [-0.25, -0.2) is 0 Å². The predicted molar refractivity (Wildman–Crippen MR) is 165 cm³/mol. The minimum absolute atomic E-state index is 0.145. The van der Waals surface area contributed by atoms with Gasteiger partial charge in [-0.3, -0.25) is 9.05 Å². The van der Waals surface area contributed by atoms with Gasteiger partial charge in [0.05, 0.1) is 40.5 Å². The molecule has 1 saturated heterocycles. The van der Waals surface area contributed by atoms with E-state index in [1.807, 2.05) is 44.4 Å². The van der Waals surface area contributed by atoms with Gasteiger partial charge in [-0.2, -0.15) is 0 Å². The van der Waals surface area contributed by atoms with Gasteiger partial charge in [0, 0.05) is 19.4 Å². The zero-order valence-electron chi connectivity index (χ0n) is 26.2. The number of nitrogens with zero attached hydrogens (tertiary/aromatic N) is 1. The average molecular weight is 596 g/mol. The lowest BCUT2D eigenvalue weighted by Crippen LogP contribution is -2.34. The fraction of sp³-hybridized carbons (Fsp3) is 0.758. The molecule has 2 rings (SSSR count). The van der Waals surface area contributed by atoms with Crippen LogP contribution in [0.4, 0.5) is 0 Å². The number of rotatable bonds is 25. The highest BCUT2D eigenvalue weighted by atomic mass is 31.2. The Morgan fingerprint density at radius 1 is 0.878 bits per heavy atom. The lowest BCUT2D eigenvalue weighted by atomic mass is 10.0. The Morgan fingerprint density at radius 3 is 2.02 bits per heavy atom. The van der Waals surface area contributed by atoms with Gasteiger partial charge >= 0.3 is 7.82 Å². The second-order valence-electron chi connectivity index (χ2n) is 12.1. The number of benzene rings is 1. The maximum Gasteiger partial charge on any atom is 0.319 e. The van der Waals surface area contributed by atoms with Gasteiger partial charge in [0.1, 0.15) is 18.1 Å².